The first kappa shape index (κ1) is 18.5. The molecule has 148 valence electrons. The molecule has 0 spiro atoms. The SMILES string of the molecule is CC(C)(C)n1nc(C(=O)N2CCCC(N3CCNCC3=O)C2)cc1C1CC1. The average molecular weight is 374 g/mol. The summed E-state index contributed by atoms with van der Waals surface area (Å²) in [7, 11) is 0. The van der Waals surface area contributed by atoms with Gasteiger partial charge in [-0.15, -0.1) is 0 Å². The van der Waals surface area contributed by atoms with E-state index in [0.717, 1.165) is 32.5 Å². The third kappa shape index (κ3) is 3.74. The molecule has 3 fully saturated rings. The maximum atomic E-state index is 13.2. The van der Waals surface area contributed by atoms with Crippen LogP contribution < -0.4 is 5.32 Å². The first-order chi connectivity index (χ1) is 12.8. The molecule has 7 nitrogen and oxygen atoms in total. The molecule has 3 heterocycles. The summed E-state index contributed by atoms with van der Waals surface area (Å²) in [5.74, 6) is 0.701. The highest BCUT2D eigenvalue weighted by atomic mass is 16.2. The summed E-state index contributed by atoms with van der Waals surface area (Å²) in [5.41, 5.74) is 1.62. The molecule has 2 aliphatic heterocycles. The molecule has 2 saturated heterocycles. The fourth-order valence-corrected chi connectivity index (χ4v) is 4.27. The minimum Gasteiger partial charge on any atom is -0.336 e. The third-order valence-corrected chi connectivity index (χ3v) is 5.84. The van der Waals surface area contributed by atoms with Crippen LogP contribution in [0.25, 0.3) is 0 Å². The van der Waals surface area contributed by atoms with Gasteiger partial charge in [-0.2, -0.15) is 5.10 Å². The van der Waals surface area contributed by atoms with Crippen LogP contribution in [0.15, 0.2) is 6.07 Å². The summed E-state index contributed by atoms with van der Waals surface area (Å²) in [5, 5.41) is 7.82. The number of hydrogen-bond donors (Lipinski definition) is 1. The number of carbonyl (C=O) groups is 2. The number of piperazine rings is 1. The van der Waals surface area contributed by atoms with E-state index in [1.807, 2.05) is 20.5 Å². The molecular formula is C20H31N5O2. The Morgan fingerprint density at radius 2 is 2.00 bits per heavy atom. The molecule has 7 heteroatoms. The van der Waals surface area contributed by atoms with Crippen molar-refractivity contribution in [3.63, 3.8) is 0 Å². The van der Waals surface area contributed by atoms with Crippen LogP contribution in [0.1, 0.15) is 68.6 Å². The molecule has 1 unspecified atom stereocenters. The Morgan fingerprint density at radius 3 is 2.67 bits per heavy atom. The first-order valence-corrected chi connectivity index (χ1v) is 10.2. The second kappa shape index (κ2) is 6.93. The lowest BCUT2D eigenvalue weighted by atomic mass is 10.0. The van der Waals surface area contributed by atoms with Gasteiger partial charge in [0.15, 0.2) is 5.69 Å². The van der Waals surface area contributed by atoms with E-state index in [4.69, 9.17) is 5.10 Å². The molecule has 0 radical (unpaired) electrons. The van der Waals surface area contributed by atoms with Crippen molar-refractivity contribution < 1.29 is 9.59 Å². The minimum absolute atomic E-state index is 0.00665. The number of likely N-dealkylation sites (tertiary alicyclic amines) is 1. The monoisotopic (exact) mass is 373 g/mol. The smallest absolute Gasteiger partial charge is 0.274 e. The van der Waals surface area contributed by atoms with Crippen LogP contribution in [0.4, 0.5) is 0 Å². The molecule has 27 heavy (non-hydrogen) atoms. The van der Waals surface area contributed by atoms with Crippen molar-refractivity contribution in [1.82, 2.24) is 24.9 Å². The van der Waals surface area contributed by atoms with Crippen molar-refractivity contribution in [3.05, 3.63) is 17.5 Å². The molecule has 4 rings (SSSR count). The van der Waals surface area contributed by atoms with Gasteiger partial charge in [0.1, 0.15) is 0 Å². The highest BCUT2D eigenvalue weighted by Gasteiger charge is 2.35. The zero-order chi connectivity index (χ0) is 19.2. The fourth-order valence-electron chi connectivity index (χ4n) is 4.27. The summed E-state index contributed by atoms with van der Waals surface area (Å²) in [4.78, 5) is 29.3. The van der Waals surface area contributed by atoms with Crippen LogP contribution in [0.2, 0.25) is 0 Å². The normalized spacial score (nSPS) is 24.4. The standard InChI is InChI=1S/C20H31N5O2/c1-20(2,3)25-17(14-6-7-14)11-16(22-25)19(27)23-9-4-5-15(13-23)24-10-8-21-12-18(24)26/h11,14-15,21H,4-10,12-13H2,1-3H3. The Balaban J connectivity index is 1.51. The van der Waals surface area contributed by atoms with Crippen LogP contribution in [-0.2, 0) is 10.3 Å². The number of hydrogen-bond acceptors (Lipinski definition) is 4. The number of aromatic nitrogens is 2. The van der Waals surface area contributed by atoms with E-state index in [9.17, 15) is 9.59 Å². The van der Waals surface area contributed by atoms with Gasteiger partial charge in [-0.25, -0.2) is 0 Å². The predicted octanol–water partition coefficient (Wildman–Crippen LogP) is 1.55. The Bertz CT molecular complexity index is 731. The highest BCUT2D eigenvalue weighted by molar-refractivity contribution is 5.92. The fraction of sp³-hybridized carbons (Fsp3) is 0.750. The van der Waals surface area contributed by atoms with Crippen molar-refractivity contribution in [2.24, 2.45) is 0 Å². The Labute approximate surface area is 161 Å². The van der Waals surface area contributed by atoms with Crippen LogP contribution in [0.5, 0.6) is 0 Å². The lowest BCUT2D eigenvalue weighted by molar-refractivity contribution is -0.135. The lowest BCUT2D eigenvalue weighted by Gasteiger charge is -2.40. The van der Waals surface area contributed by atoms with Gasteiger partial charge in [0.05, 0.1) is 12.1 Å². The Kier molecular flexibility index (Phi) is 4.74. The van der Waals surface area contributed by atoms with Gasteiger partial charge in [0, 0.05) is 43.8 Å². The summed E-state index contributed by atoms with van der Waals surface area (Å²) >= 11 is 0. The van der Waals surface area contributed by atoms with Gasteiger partial charge in [0.25, 0.3) is 5.91 Å². The van der Waals surface area contributed by atoms with Gasteiger partial charge >= 0.3 is 0 Å². The number of carbonyl (C=O) groups excluding carboxylic acids is 2. The highest BCUT2D eigenvalue weighted by Crippen LogP contribution is 2.41. The maximum absolute atomic E-state index is 13.2. The molecule has 1 saturated carbocycles. The lowest BCUT2D eigenvalue weighted by Crippen LogP contribution is -2.57. The van der Waals surface area contributed by atoms with E-state index in [-0.39, 0.29) is 23.4 Å². The molecular weight excluding hydrogens is 342 g/mol. The van der Waals surface area contributed by atoms with E-state index in [1.54, 1.807) is 0 Å². The van der Waals surface area contributed by atoms with Gasteiger partial charge in [0.2, 0.25) is 5.91 Å². The van der Waals surface area contributed by atoms with E-state index >= 15 is 0 Å². The molecule has 0 bridgehead atoms. The van der Waals surface area contributed by atoms with Crippen molar-refractivity contribution in [1.29, 1.82) is 0 Å². The van der Waals surface area contributed by atoms with Gasteiger partial charge in [-0.05, 0) is 52.5 Å². The molecule has 1 N–H and O–H groups in total. The summed E-state index contributed by atoms with van der Waals surface area (Å²) < 4.78 is 2.04. The van der Waals surface area contributed by atoms with E-state index in [2.05, 4.69) is 26.1 Å². The zero-order valence-electron chi connectivity index (χ0n) is 16.7. The molecule has 2 amide bonds. The molecule has 1 aromatic rings. The second-order valence-corrected chi connectivity index (χ2v) is 9.12. The largest absolute Gasteiger partial charge is 0.336 e. The number of amides is 2. The van der Waals surface area contributed by atoms with E-state index in [1.165, 1.54) is 18.5 Å². The molecule has 1 aliphatic carbocycles. The predicted molar refractivity (Wildman–Crippen MR) is 103 cm³/mol. The van der Waals surface area contributed by atoms with Crippen LogP contribution in [0, 0.1) is 0 Å². The zero-order valence-corrected chi connectivity index (χ0v) is 16.7. The van der Waals surface area contributed by atoms with Gasteiger partial charge < -0.3 is 15.1 Å². The van der Waals surface area contributed by atoms with Crippen molar-refractivity contribution >= 4 is 11.8 Å². The summed E-state index contributed by atoms with van der Waals surface area (Å²) in [6.07, 6.45) is 4.28. The molecule has 1 atom stereocenters. The number of piperidine rings is 1. The molecule has 3 aliphatic rings. The number of nitrogens with zero attached hydrogens (tertiary/aromatic N) is 4. The van der Waals surface area contributed by atoms with Gasteiger partial charge in [-0.1, -0.05) is 0 Å². The van der Waals surface area contributed by atoms with Gasteiger partial charge in [-0.3, -0.25) is 14.3 Å². The van der Waals surface area contributed by atoms with Crippen LogP contribution in [-0.4, -0.2) is 70.2 Å². The first-order valence-electron chi connectivity index (χ1n) is 10.2. The second-order valence-electron chi connectivity index (χ2n) is 9.12. The summed E-state index contributed by atoms with van der Waals surface area (Å²) in [6.45, 7) is 9.73. The maximum Gasteiger partial charge on any atom is 0.274 e. The molecule has 1 aromatic heterocycles. The number of nitrogens with one attached hydrogen (secondary N) is 1. The molecule has 0 aromatic carbocycles. The Morgan fingerprint density at radius 1 is 1.22 bits per heavy atom. The van der Waals surface area contributed by atoms with Crippen molar-refractivity contribution in [3.8, 4) is 0 Å². The Hall–Kier alpha value is -1.89. The van der Waals surface area contributed by atoms with E-state index < -0.39 is 0 Å². The third-order valence-electron chi connectivity index (χ3n) is 5.84. The van der Waals surface area contributed by atoms with Crippen LogP contribution >= 0.6 is 0 Å². The average Bonchev–Trinajstić information content (AvgIpc) is 3.38. The quantitative estimate of drug-likeness (QED) is 0.873. The minimum atomic E-state index is -0.131. The summed E-state index contributed by atoms with van der Waals surface area (Å²) in [6, 6.07) is 2.13. The van der Waals surface area contributed by atoms with Crippen LogP contribution in [0.3, 0.4) is 0 Å². The van der Waals surface area contributed by atoms with Crippen molar-refractivity contribution in [2.45, 2.75) is 64.0 Å². The number of rotatable bonds is 3. The topological polar surface area (TPSA) is 70.5 Å². The van der Waals surface area contributed by atoms with Crippen molar-refractivity contribution in [2.75, 3.05) is 32.7 Å². The van der Waals surface area contributed by atoms with E-state index in [0.29, 0.717) is 24.7 Å².